The van der Waals surface area contributed by atoms with Crippen molar-refractivity contribution >= 4 is 11.8 Å². The third-order valence-electron chi connectivity index (χ3n) is 5.80. The van der Waals surface area contributed by atoms with Gasteiger partial charge in [-0.2, -0.15) is 0 Å². The first-order valence-electron chi connectivity index (χ1n) is 11.7. The molecule has 3 aromatic rings. The van der Waals surface area contributed by atoms with E-state index in [4.69, 9.17) is 13.9 Å². The SMILES string of the molecule is CCOc1cc(C(=O)NC(c2ccccc2)c2ccco2)ccc1OCC(=O)N1CCCCC1. The van der Waals surface area contributed by atoms with Crippen molar-refractivity contribution in [1.82, 2.24) is 10.2 Å². The van der Waals surface area contributed by atoms with E-state index in [1.807, 2.05) is 48.2 Å². The molecule has 4 rings (SSSR count). The molecule has 1 N–H and O–H groups in total. The zero-order valence-corrected chi connectivity index (χ0v) is 19.4. The van der Waals surface area contributed by atoms with Crippen LogP contribution in [0.5, 0.6) is 11.5 Å². The Morgan fingerprint density at radius 1 is 0.971 bits per heavy atom. The number of benzene rings is 2. The van der Waals surface area contributed by atoms with Crippen molar-refractivity contribution in [2.45, 2.75) is 32.2 Å². The van der Waals surface area contributed by atoms with E-state index in [9.17, 15) is 9.59 Å². The van der Waals surface area contributed by atoms with Gasteiger partial charge in [-0.25, -0.2) is 0 Å². The number of hydrogen-bond donors (Lipinski definition) is 1. The number of amides is 2. The zero-order chi connectivity index (χ0) is 23.8. The lowest BCUT2D eigenvalue weighted by molar-refractivity contribution is -0.134. The molecule has 0 aliphatic carbocycles. The highest BCUT2D eigenvalue weighted by molar-refractivity contribution is 5.95. The molecule has 1 unspecified atom stereocenters. The van der Waals surface area contributed by atoms with E-state index >= 15 is 0 Å². The van der Waals surface area contributed by atoms with Gasteiger partial charge in [0.05, 0.1) is 12.9 Å². The molecule has 1 aromatic heterocycles. The van der Waals surface area contributed by atoms with Gasteiger partial charge < -0.3 is 24.1 Å². The van der Waals surface area contributed by atoms with Crippen molar-refractivity contribution in [1.29, 1.82) is 0 Å². The van der Waals surface area contributed by atoms with E-state index in [-0.39, 0.29) is 18.4 Å². The Labute approximate surface area is 199 Å². The average molecular weight is 463 g/mol. The van der Waals surface area contributed by atoms with Gasteiger partial charge in [-0.3, -0.25) is 9.59 Å². The van der Waals surface area contributed by atoms with E-state index < -0.39 is 6.04 Å². The summed E-state index contributed by atoms with van der Waals surface area (Å²) in [4.78, 5) is 27.5. The fraction of sp³-hybridized carbons (Fsp3) is 0.333. The summed E-state index contributed by atoms with van der Waals surface area (Å²) < 4.78 is 17.1. The fourth-order valence-electron chi connectivity index (χ4n) is 4.05. The summed E-state index contributed by atoms with van der Waals surface area (Å²) >= 11 is 0. The maximum absolute atomic E-state index is 13.2. The predicted octanol–water partition coefficient (Wildman–Crippen LogP) is 4.59. The van der Waals surface area contributed by atoms with Gasteiger partial charge in [-0.15, -0.1) is 0 Å². The molecule has 7 heteroatoms. The molecule has 34 heavy (non-hydrogen) atoms. The van der Waals surface area contributed by atoms with Crippen molar-refractivity contribution in [2.75, 3.05) is 26.3 Å². The minimum atomic E-state index is -0.433. The van der Waals surface area contributed by atoms with Crippen LogP contribution in [0, 0.1) is 0 Å². The first kappa shape index (κ1) is 23.4. The molecule has 0 saturated carbocycles. The van der Waals surface area contributed by atoms with E-state index in [2.05, 4.69) is 5.32 Å². The molecule has 2 amide bonds. The van der Waals surface area contributed by atoms with E-state index in [0.29, 0.717) is 29.4 Å². The average Bonchev–Trinajstić information content (AvgIpc) is 3.42. The van der Waals surface area contributed by atoms with Crippen LogP contribution in [0.4, 0.5) is 0 Å². The number of carbonyl (C=O) groups excluding carboxylic acids is 2. The molecular formula is C27H30N2O5. The minimum absolute atomic E-state index is 0.0341. The fourth-order valence-corrected chi connectivity index (χ4v) is 4.05. The summed E-state index contributed by atoms with van der Waals surface area (Å²) in [5.41, 5.74) is 1.33. The zero-order valence-electron chi connectivity index (χ0n) is 19.4. The Morgan fingerprint density at radius 2 is 1.76 bits per heavy atom. The number of rotatable bonds is 9. The highest BCUT2D eigenvalue weighted by atomic mass is 16.5. The maximum atomic E-state index is 13.2. The lowest BCUT2D eigenvalue weighted by Gasteiger charge is -2.26. The van der Waals surface area contributed by atoms with Gasteiger partial charge in [0.15, 0.2) is 18.1 Å². The van der Waals surface area contributed by atoms with E-state index in [1.165, 1.54) is 0 Å². The van der Waals surface area contributed by atoms with Crippen LogP contribution in [0.25, 0.3) is 0 Å². The van der Waals surface area contributed by atoms with Crippen LogP contribution in [0.1, 0.15) is 53.9 Å². The number of piperidine rings is 1. The van der Waals surface area contributed by atoms with Gasteiger partial charge in [0.25, 0.3) is 11.8 Å². The lowest BCUT2D eigenvalue weighted by atomic mass is 10.0. The first-order valence-corrected chi connectivity index (χ1v) is 11.7. The Kier molecular flexibility index (Phi) is 7.86. The third kappa shape index (κ3) is 5.78. The maximum Gasteiger partial charge on any atom is 0.260 e. The van der Waals surface area contributed by atoms with Crippen LogP contribution in [0.15, 0.2) is 71.3 Å². The summed E-state index contributed by atoms with van der Waals surface area (Å²) in [6.07, 6.45) is 4.80. The molecule has 1 saturated heterocycles. The second kappa shape index (κ2) is 11.4. The quantitative estimate of drug-likeness (QED) is 0.503. The van der Waals surface area contributed by atoms with Crippen LogP contribution in [-0.2, 0) is 4.79 Å². The van der Waals surface area contributed by atoms with E-state index in [1.54, 1.807) is 30.5 Å². The number of nitrogens with one attached hydrogen (secondary N) is 1. The van der Waals surface area contributed by atoms with E-state index in [0.717, 1.165) is 37.9 Å². The number of ether oxygens (including phenoxy) is 2. The van der Waals surface area contributed by atoms with Crippen molar-refractivity contribution in [2.24, 2.45) is 0 Å². The van der Waals surface area contributed by atoms with Crippen LogP contribution >= 0.6 is 0 Å². The summed E-state index contributed by atoms with van der Waals surface area (Å²) in [5, 5.41) is 3.04. The monoisotopic (exact) mass is 462 g/mol. The van der Waals surface area contributed by atoms with Gasteiger partial charge in [-0.1, -0.05) is 30.3 Å². The van der Waals surface area contributed by atoms with Gasteiger partial charge in [0, 0.05) is 18.7 Å². The molecule has 7 nitrogen and oxygen atoms in total. The predicted molar refractivity (Wildman–Crippen MR) is 128 cm³/mol. The molecule has 178 valence electrons. The van der Waals surface area contributed by atoms with Crippen LogP contribution < -0.4 is 14.8 Å². The Bertz CT molecular complexity index is 1080. The molecule has 0 spiro atoms. The van der Waals surface area contributed by atoms with Crippen molar-refractivity contribution < 1.29 is 23.5 Å². The smallest absolute Gasteiger partial charge is 0.260 e. The van der Waals surface area contributed by atoms with Crippen molar-refractivity contribution in [3.8, 4) is 11.5 Å². The second-order valence-corrected chi connectivity index (χ2v) is 8.16. The number of nitrogens with zero attached hydrogens (tertiary/aromatic N) is 1. The highest BCUT2D eigenvalue weighted by Crippen LogP contribution is 2.30. The molecular weight excluding hydrogens is 432 g/mol. The summed E-state index contributed by atoms with van der Waals surface area (Å²) in [7, 11) is 0. The van der Waals surface area contributed by atoms with Crippen LogP contribution in [0.3, 0.4) is 0 Å². The van der Waals surface area contributed by atoms with Gasteiger partial charge >= 0.3 is 0 Å². The Hall–Kier alpha value is -3.74. The number of likely N-dealkylation sites (tertiary alicyclic amines) is 1. The largest absolute Gasteiger partial charge is 0.490 e. The molecule has 1 aliphatic rings. The van der Waals surface area contributed by atoms with Gasteiger partial charge in [0.2, 0.25) is 0 Å². The summed E-state index contributed by atoms with van der Waals surface area (Å²) in [6.45, 7) is 3.76. The lowest BCUT2D eigenvalue weighted by Crippen LogP contribution is -2.38. The molecule has 0 bridgehead atoms. The molecule has 2 heterocycles. The number of furan rings is 1. The number of hydrogen-bond acceptors (Lipinski definition) is 5. The molecule has 2 aromatic carbocycles. The topological polar surface area (TPSA) is 81.0 Å². The summed E-state index contributed by atoms with van der Waals surface area (Å²) in [5.74, 6) is 1.20. The normalized spacial score (nSPS) is 14.3. The second-order valence-electron chi connectivity index (χ2n) is 8.16. The highest BCUT2D eigenvalue weighted by Gasteiger charge is 2.22. The third-order valence-corrected chi connectivity index (χ3v) is 5.80. The molecule has 1 fully saturated rings. The summed E-state index contributed by atoms with van der Waals surface area (Å²) in [6, 6.07) is 17.8. The van der Waals surface area contributed by atoms with Crippen LogP contribution in [0.2, 0.25) is 0 Å². The van der Waals surface area contributed by atoms with Gasteiger partial charge in [-0.05, 0) is 62.1 Å². The standard InChI is InChI=1S/C27H30N2O5/c1-2-32-24-18-21(13-14-22(24)34-19-25(30)29-15-7-4-8-16-29)27(31)28-26(23-12-9-17-33-23)20-10-5-3-6-11-20/h3,5-6,9-14,17-18,26H,2,4,7-8,15-16,19H2,1H3,(H,28,31). The van der Waals surface area contributed by atoms with Crippen molar-refractivity contribution in [3.63, 3.8) is 0 Å². The molecule has 1 atom stereocenters. The van der Waals surface area contributed by atoms with Gasteiger partial charge in [0.1, 0.15) is 11.8 Å². The molecule has 1 aliphatic heterocycles. The minimum Gasteiger partial charge on any atom is -0.490 e. The Balaban J connectivity index is 1.48. The van der Waals surface area contributed by atoms with Crippen LogP contribution in [-0.4, -0.2) is 43.0 Å². The van der Waals surface area contributed by atoms with Crippen molar-refractivity contribution in [3.05, 3.63) is 83.8 Å². The molecule has 0 radical (unpaired) electrons. The number of carbonyl (C=O) groups is 2. The first-order chi connectivity index (χ1) is 16.7. The Morgan fingerprint density at radius 3 is 2.47 bits per heavy atom.